The molecule has 0 aliphatic rings. The molecule has 0 radical (unpaired) electrons. The van der Waals surface area contributed by atoms with Gasteiger partial charge in [0.05, 0.1) is 11.3 Å². The lowest BCUT2D eigenvalue weighted by atomic mass is 10.0. The molecule has 0 aliphatic heterocycles. The minimum Gasteiger partial charge on any atom is -0.294 e. The van der Waals surface area contributed by atoms with Crippen LogP contribution in [0.1, 0.15) is 39.0 Å². The topological polar surface area (TPSA) is 65.5 Å². The highest BCUT2D eigenvalue weighted by Gasteiger charge is 2.30. The molecule has 9 heteroatoms. The fourth-order valence-corrected chi connectivity index (χ4v) is 3.85. The first-order chi connectivity index (χ1) is 14.5. The molecule has 0 aliphatic carbocycles. The number of alkyl halides is 3. The van der Waals surface area contributed by atoms with Crippen molar-refractivity contribution in [2.75, 3.05) is 0 Å². The van der Waals surface area contributed by atoms with Crippen molar-refractivity contribution in [3.63, 3.8) is 0 Å². The molecule has 1 heterocycles. The smallest absolute Gasteiger partial charge is 0.294 e. The zero-order chi connectivity index (χ0) is 22.8. The van der Waals surface area contributed by atoms with Gasteiger partial charge in [-0.25, -0.2) is 9.78 Å². The number of carbonyl (C=O) groups is 2. The van der Waals surface area contributed by atoms with Gasteiger partial charge in [-0.1, -0.05) is 12.1 Å². The largest absolute Gasteiger partial charge is 0.416 e. The molecule has 0 spiro atoms. The van der Waals surface area contributed by atoms with Crippen LogP contribution in [0.4, 0.5) is 13.2 Å². The van der Waals surface area contributed by atoms with E-state index in [1.165, 1.54) is 30.4 Å². The first kappa shape index (κ1) is 22.5. The Kier molecular flexibility index (Phi) is 6.45. The molecule has 162 valence electrons. The van der Waals surface area contributed by atoms with E-state index < -0.39 is 17.7 Å². The second kappa shape index (κ2) is 8.89. The summed E-state index contributed by atoms with van der Waals surface area (Å²) in [7, 11) is 0. The summed E-state index contributed by atoms with van der Waals surface area (Å²) in [5.74, 6) is -0.415. The van der Waals surface area contributed by atoms with E-state index in [1.807, 2.05) is 0 Å². The van der Waals surface area contributed by atoms with Crippen LogP contribution in [0, 0.1) is 13.8 Å². The highest BCUT2D eigenvalue weighted by Crippen LogP contribution is 2.33. The van der Waals surface area contributed by atoms with E-state index in [0.29, 0.717) is 33.1 Å². The predicted octanol–water partition coefficient (Wildman–Crippen LogP) is 5.73. The van der Waals surface area contributed by atoms with Crippen molar-refractivity contribution >= 4 is 23.1 Å². The molecule has 1 aromatic heterocycles. The number of rotatable bonds is 6. The predicted molar refractivity (Wildman–Crippen MR) is 109 cm³/mol. The lowest BCUT2D eigenvalue weighted by Crippen LogP contribution is -2.06. The molecular weight excluding hydrogens is 431 g/mol. The van der Waals surface area contributed by atoms with E-state index >= 15 is 0 Å². The van der Waals surface area contributed by atoms with Crippen LogP contribution in [0.15, 0.2) is 42.5 Å². The van der Waals surface area contributed by atoms with Crippen molar-refractivity contribution in [2.24, 2.45) is 0 Å². The van der Waals surface area contributed by atoms with Gasteiger partial charge in [-0.2, -0.15) is 13.2 Å². The molecule has 3 rings (SSSR count). The maximum absolute atomic E-state index is 12.7. The van der Waals surface area contributed by atoms with Gasteiger partial charge < -0.3 is 0 Å². The fraction of sp³-hybridized carbons (Fsp3) is 0.227. The summed E-state index contributed by atoms with van der Waals surface area (Å²) in [6, 6.07) is 9.52. The highest BCUT2D eigenvalue weighted by molar-refractivity contribution is 7.15. The third kappa shape index (κ3) is 5.49. The number of aryl methyl sites for hydroxylation is 2. The van der Waals surface area contributed by atoms with Gasteiger partial charge in [0, 0.05) is 29.3 Å². The molecule has 0 saturated carbocycles. The number of thiazole rings is 1. The summed E-state index contributed by atoms with van der Waals surface area (Å²) in [5.41, 5.74) is 1.56. The molecule has 0 N–H and O–H groups in total. The molecule has 31 heavy (non-hydrogen) atoms. The molecule has 0 atom stereocenters. The number of ketones is 1. The van der Waals surface area contributed by atoms with Crippen molar-refractivity contribution in [3.05, 3.63) is 69.7 Å². The van der Waals surface area contributed by atoms with Crippen molar-refractivity contribution in [1.29, 1.82) is 0 Å². The number of benzene rings is 2. The van der Waals surface area contributed by atoms with E-state index in [4.69, 9.17) is 4.89 Å². The van der Waals surface area contributed by atoms with Crippen LogP contribution in [0.3, 0.4) is 0 Å². The molecule has 0 bridgehead atoms. The number of halogens is 3. The molecule has 0 amide bonds. The third-order valence-electron chi connectivity index (χ3n) is 4.42. The van der Waals surface area contributed by atoms with E-state index in [1.54, 1.807) is 32.0 Å². The van der Waals surface area contributed by atoms with E-state index in [2.05, 4.69) is 9.87 Å². The molecule has 2 aromatic carbocycles. The van der Waals surface area contributed by atoms with Crippen molar-refractivity contribution < 1.29 is 32.5 Å². The molecule has 5 nitrogen and oxygen atoms in total. The van der Waals surface area contributed by atoms with Crippen LogP contribution in [0.25, 0.3) is 10.6 Å². The standard InChI is InChI=1S/C22H18F3NO4S/c1-12-10-16(6-9-19(12)30-29-14(3)27)18(28)11-20-13(2)26-21(31-20)15-4-7-17(8-5-15)22(23,24)25/h4-10H,11H2,1-3H3. The van der Waals surface area contributed by atoms with Gasteiger partial charge in [-0.15, -0.1) is 11.3 Å². The van der Waals surface area contributed by atoms with E-state index in [9.17, 15) is 22.8 Å². The van der Waals surface area contributed by atoms with Gasteiger partial charge in [0.25, 0.3) is 0 Å². The Balaban J connectivity index is 1.75. The minimum absolute atomic E-state index is 0.105. The average molecular weight is 449 g/mol. The first-order valence-corrected chi connectivity index (χ1v) is 9.99. The SMILES string of the molecule is CC(=O)OOc1ccc(C(=O)Cc2sc(-c3ccc(C(F)(F)F)cc3)nc2C)cc1C. The van der Waals surface area contributed by atoms with Crippen LogP contribution >= 0.6 is 11.3 Å². The number of Topliss-reactive ketones (excluding diaryl/α,β-unsaturated/α-hetero) is 1. The summed E-state index contributed by atoms with van der Waals surface area (Å²) in [5, 5.41) is 0.551. The highest BCUT2D eigenvalue weighted by atomic mass is 32.1. The fourth-order valence-electron chi connectivity index (χ4n) is 2.79. The summed E-state index contributed by atoms with van der Waals surface area (Å²) in [4.78, 5) is 38.1. The maximum Gasteiger partial charge on any atom is 0.416 e. The van der Waals surface area contributed by atoms with E-state index in [-0.39, 0.29) is 12.2 Å². The monoisotopic (exact) mass is 449 g/mol. The van der Waals surface area contributed by atoms with Gasteiger partial charge in [-0.3, -0.25) is 14.6 Å². The lowest BCUT2D eigenvalue weighted by molar-refractivity contribution is -0.211. The molecular formula is C22H18F3NO4S. The normalized spacial score (nSPS) is 11.3. The van der Waals surface area contributed by atoms with Crippen molar-refractivity contribution in [1.82, 2.24) is 4.98 Å². The third-order valence-corrected chi connectivity index (χ3v) is 5.63. The number of hydrogen-bond acceptors (Lipinski definition) is 6. The Bertz CT molecular complexity index is 1120. The summed E-state index contributed by atoms with van der Waals surface area (Å²) in [6.07, 6.45) is -4.29. The molecule has 0 unspecified atom stereocenters. The van der Waals surface area contributed by atoms with Crippen LogP contribution in [-0.2, 0) is 22.3 Å². The minimum atomic E-state index is -4.40. The van der Waals surface area contributed by atoms with E-state index in [0.717, 1.165) is 17.0 Å². The Morgan fingerprint density at radius 1 is 1.06 bits per heavy atom. The van der Waals surface area contributed by atoms with Crippen LogP contribution in [0.2, 0.25) is 0 Å². The van der Waals surface area contributed by atoms with Crippen molar-refractivity contribution in [3.8, 4) is 16.3 Å². The summed E-state index contributed by atoms with van der Waals surface area (Å²) >= 11 is 1.27. The number of aromatic nitrogens is 1. The van der Waals surface area contributed by atoms with Crippen molar-refractivity contribution in [2.45, 2.75) is 33.4 Å². The number of nitrogens with zero attached hydrogens (tertiary/aromatic N) is 1. The average Bonchev–Trinajstić information content (AvgIpc) is 3.06. The Morgan fingerprint density at radius 2 is 1.74 bits per heavy atom. The Hall–Kier alpha value is -3.20. The van der Waals surface area contributed by atoms with Gasteiger partial charge in [0.15, 0.2) is 11.5 Å². The lowest BCUT2D eigenvalue weighted by Gasteiger charge is -2.07. The summed E-state index contributed by atoms with van der Waals surface area (Å²) < 4.78 is 38.2. The van der Waals surface area contributed by atoms with Crippen LogP contribution in [-0.4, -0.2) is 16.7 Å². The Labute approximate surface area is 180 Å². The quantitative estimate of drug-likeness (QED) is 0.273. The van der Waals surface area contributed by atoms with Crippen LogP contribution in [0.5, 0.6) is 5.75 Å². The van der Waals surface area contributed by atoms with Gasteiger partial charge in [-0.05, 0) is 49.7 Å². The molecule has 0 fully saturated rings. The zero-order valence-corrected chi connectivity index (χ0v) is 17.7. The number of hydrogen-bond donors (Lipinski definition) is 0. The first-order valence-electron chi connectivity index (χ1n) is 9.17. The molecule has 0 saturated heterocycles. The Morgan fingerprint density at radius 3 is 2.32 bits per heavy atom. The maximum atomic E-state index is 12.7. The zero-order valence-electron chi connectivity index (χ0n) is 16.9. The van der Waals surface area contributed by atoms with Crippen LogP contribution < -0.4 is 4.89 Å². The summed E-state index contributed by atoms with van der Waals surface area (Å²) in [6.45, 7) is 4.69. The molecule has 3 aromatic rings. The number of carbonyl (C=O) groups excluding carboxylic acids is 2. The van der Waals surface area contributed by atoms with Gasteiger partial charge in [0.1, 0.15) is 5.01 Å². The second-order valence-electron chi connectivity index (χ2n) is 6.84. The van der Waals surface area contributed by atoms with Gasteiger partial charge >= 0.3 is 12.1 Å². The van der Waals surface area contributed by atoms with Gasteiger partial charge in [0.2, 0.25) is 0 Å². The second-order valence-corrected chi connectivity index (χ2v) is 7.92.